The van der Waals surface area contributed by atoms with Gasteiger partial charge >= 0.3 is 7.75 Å². The summed E-state index contributed by atoms with van der Waals surface area (Å²) in [6, 6.07) is 9.43. The highest BCUT2D eigenvalue weighted by Gasteiger charge is 2.23. The molecule has 6 heteroatoms. The lowest BCUT2D eigenvalue weighted by atomic mass is 10.0. The van der Waals surface area contributed by atoms with Gasteiger partial charge in [-0.05, 0) is 37.5 Å². The molecule has 5 nitrogen and oxygen atoms in total. The minimum atomic E-state index is -3.21. The van der Waals surface area contributed by atoms with Crippen molar-refractivity contribution >= 4 is 7.75 Å². The summed E-state index contributed by atoms with van der Waals surface area (Å²) in [6.45, 7) is 6.69. The number of nitrogens with zero attached hydrogens (tertiary/aromatic N) is 1. The zero-order valence-corrected chi connectivity index (χ0v) is 13.0. The fraction of sp³-hybridized carbons (Fsp3) is 0.500. The van der Waals surface area contributed by atoms with Gasteiger partial charge in [-0.25, -0.2) is 9.65 Å². The van der Waals surface area contributed by atoms with Crippen LogP contribution in [0, 0.1) is 11.3 Å². The fourth-order valence-electron chi connectivity index (χ4n) is 1.72. The minimum Gasteiger partial charge on any atom is -0.297 e. The predicted molar refractivity (Wildman–Crippen MR) is 78.4 cm³/mol. The first-order valence-corrected chi connectivity index (χ1v) is 8.23. The molecule has 20 heavy (non-hydrogen) atoms. The van der Waals surface area contributed by atoms with Crippen molar-refractivity contribution in [1.82, 2.24) is 5.09 Å². The van der Waals surface area contributed by atoms with E-state index in [4.69, 9.17) is 14.3 Å². The van der Waals surface area contributed by atoms with Crippen LogP contribution in [-0.2, 0) is 13.6 Å². The third-order valence-corrected chi connectivity index (χ3v) is 4.56. The molecule has 110 valence electrons. The molecule has 0 aromatic heterocycles. The van der Waals surface area contributed by atoms with Gasteiger partial charge in [0.1, 0.15) is 0 Å². The monoisotopic (exact) mass is 296 g/mol. The third-order valence-electron chi connectivity index (χ3n) is 2.80. The summed E-state index contributed by atoms with van der Waals surface area (Å²) >= 11 is 0. The molecule has 0 fully saturated rings. The Morgan fingerprint density at radius 2 is 1.80 bits per heavy atom. The smallest absolute Gasteiger partial charge is 0.297 e. The van der Waals surface area contributed by atoms with Gasteiger partial charge in [-0.3, -0.25) is 9.05 Å². The molecule has 0 amide bonds. The first-order valence-electron chi connectivity index (χ1n) is 6.69. The Hall–Kier alpha value is -1.18. The Bertz CT molecular complexity index is 486. The lowest BCUT2D eigenvalue weighted by Crippen LogP contribution is -2.20. The summed E-state index contributed by atoms with van der Waals surface area (Å²) < 4.78 is 22.6. The van der Waals surface area contributed by atoms with E-state index in [9.17, 15) is 4.57 Å². The average molecular weight is 296 g/mol. The van der Waals surface area contributed by atoms with Gasteiger partial charge < -0.3 is 0 Å². The minimum absolute atomic E-state index is 0.136. The maximum Gasteiger partial charge on any atom is 0.405 e. The van der Waals surface area contributed by atoms with Gasteiger partial charge in [0.15, 0.2) is 0 Å². The van der Waals surface area contributed by atoms with Crippen molar-refractivity contribution in [3.05, 3.63) is 35.4 Å². The molecule has 0 spiro atoms. The van der Waals surface area contributed by atoms with E-state index in [1.807, 2.05) is 19.1 Å². The van der Waals surface area contributed by atoms with Crippen molar-refractivity contribution < 1.29 is 13.6 Å². The van der Waals surface area contributed by atoms with E-state index in [1.54, 1.807) is 26.0 Å². The van der Waals surface area contributed by atoms with Gasteiger partial charge in [0.25, 0.3) is 0 Å². The van der Waals surface area contributed by atoms with Gasteiger partial charge in [0, 0.05) is 6.54 Å². The third kappa shape index (κ3) is 5.07. The Kier molecular flexibility index (Phi) is 6.90. The standard InChI is InChI=1S/C14H21N2O3P/c1-4-18-20(17,19-5-2)16-11-12(3)14-8-6-13(10-15)7-9-14/h6-9,12H,4-5,11H2,1-3H3,(H,16,17). The second-order valence-corrected chi connectivity index (χ2v) is 6.16. The highest BCUT2D eigenvalue weighted by molar-refractivity contribution is 7.51. The number of hydrogen-bond acceptors (Lipinski definition) is 4. The maximum atomic E-state index is 12.3. The van der Waals surface area contributed by atoms with Crippen LogP contribution in [0.3, 0.4) is 0 Å². The Morgan fingerprint density at radius 1 is 1.25 bits per heavy atom. The maximum absolute atomic E-state index is 12.3. The lowest BCUT2D eigenvalue weighted by Gasteiger charge is -2.20. The van der Waals surface area contributed by atoms with Crippen molar-refractivity contribution in [3.63, 3.8) is 0 Å². The van der Waals surface area contributed by atoms with Gasteiger partial charge in [-0.15, -0.1) is 0 Å². The van der Waals surface area contributed by atoms with E-state index in [1.165, 1.54) is 0 Å². The van der Waals surface area contributed by atoms with E-state index in [0.717, 1.165) is 5.56 Å². The molecule has 0 aliphatic rings. The van der Waals surface area contributed by atoms with Crippen LogP contribution in [0.4, 0.5) is 0 Å². The molecule has 0 aliphatic heterocycles. The van der Waals surface area contributed by atoms with Crippen LogP contribution >= 0.6 is 7.75 Å². The van der Waals surface area contributed by atoms with Crippen LogP contribution in [0.25, 0.3) is 0 Å². The summed E-state index contributed by atoms with van der Waals surface area (Å²) in [5, 5.41) is 11.6. The second kappa shape index (κ2) is 8.18. The average Bonchev–Trinajstić information content (AvgIpc) is 2.45. The number of nitrogens with one attached hydrogen (secondary N) is 1. The Morgan fingerprint density at radius 3 is 2.25 bits per heavy atom. The molecule has 1 aromatic carbocycles. The largest absolute Gasteiger partial charge is 0.405 e. The number of benzene rings is 1. The molecule has 1 atom stereocenters. The summed E-state index contributed by atoms with van der Waals surface area (Å²) in [5.74, 6) is 0.136. The van der Waals surface area contributed by atoms with E-state index in [2.05, 4.69) is 11.2 Å². The van der Waals surface area contributed by atoms with E-state index in [-0.39, 0.29) is 5.92 Å². The molecule has 1 unspecified atom stereocenters. The summed E-state index contributed by atoms with van der Waals surface area (Å²) in [4.78, 5) is 0. The summed E-state index contributed by atoms with van der Waals surface area (Å²) in [6.07, 6.45) is 0. The summed E-state index contributed by atoms with van der Waals surface area (Å²) in [7, 11) is -3.21. The number of hydrogen-bond donors (Lipinski definition) is 1. The molecule has 0 bridgehead atoms. The van der Waals surface area contributed by atoms with Gasteiger partial charge in [-0.2, -0.15) is 5.26 Å². The zero-order chi connectivity index (χ0) is 15.0. The van der Waals surface area contributed by atoms with Crippen LogP contribution in [0.2, 0.25) is 0 Å². The van der Waals surface area contributed by atoms with Crippen LogP contribution in [0.1, 0.15) is 37.8 Å². The lowest BCUT2D eigenvalue weighted by molar-refractivity contribution is 0.210. The molecule has 0 radical (unpaired) electrons. The van der Waals surface area contributed by atoms with Gasteiger partial charge in [0.2, 0.25) is 0 Å². The van der Waals surface area contributed by atoms with Crippen molar-refractivity contribution in [2.45, 2.75) is 26.7 Å². The normalized spacial score (nSPS) is 12.9. The predicted octanol–water partition coefficient (Wildman–Crippen LogP) is 3.43. The molecular weight excluding hydrogens is 275 g/mol. The molecular formula is C14H21N2O3P. The fourth-order valence-corrected chi connectivity index (χ4v) is 3.16. The Labute approximate surface area is 120 Å². The number of nitriles is 1. The first-order chi connectivity index (χ1) is 9.54. The zero-order valence-electron chi connectivity index (χ0n) is 12.1. The molecule has 0 aliphatic carbocycles. The van der Waals surface area contributed by atoms with Crippen LogP contribution in [-0.4, -0.2) is 19.8 Å². The van der Waals surface area contributed by atoms with Crippen molar-refractivity contribution in [1.29, 1.82) is 5.26 Å². The topological polar surface area (TPSA) is 71.3 Å². The molecule has 1 N–H and O–H groups in total. The van der Waals surface area contributed by atoms with E-state index >= 15 is 0 Å². The summed E-state index contributed by atoms with van der Waals surface area (Å²) in [5.41, 5.74) is 1.69. The van der Waals surface area contributed by atoms with E-state index < -0.39 is 7.75 Å². The molecule has 1 aromatic rings. The van der Waals surface area contributed by atoms with Gasteiger partial charge in [-0.1, -0.05) is 19.1 Å². The van der Waals surface area contributed by atoms with Crippen LogP contribution in [0.15, 0.2) is 24.3 Å². The highest BCUT2D eigenvalue weighted by Crippen LogP contribution is 2.43. The van der Waals surface area contributed by atoms with Crippen LogP contribution < -0.4 is 5.09 Å². The van der Waals surface area contributed by atoms with Crippen molar-refractivity contribution in [3.8, 4) is 6.07 Å². The SMILES string of the molecule is CCOP(=O)(NCC(C)c1ccc(C#N)cc1)OCC. The highest BCUT2D eigenvalue weighted by atomic mass is 31.2. The second-order valence-electron chi connectivity index (χ2n) is 4.33. The first kappa shape index (κ1) is 16.9. The van der Waals surface area contributed by atoms with E-state index in [0.29, 0.717) is 25.3 Å². The molecule has 1 rings (SSSR count). The quantitative estimate of drug-likeness (QED) is 0.744. The number of rotatable bonds is 8. The Balaban J connectivity index is 2.62. The van der Waals surface area contributed by atoms with Crippen molar-refractivity contribution in [2.24, 2.45) is 0 Å². The molecule has 0 saturated heterocycles. The van der Waals surface area contributed by atoms with Gasteiger partial charge in [0.05, 0.1) is 24.8 Å². The van der Waals surface area contributed by atoms with Crippen LogP contribution in [0.5, 0.6) is 0 Å². The van der Waals surface area contributed by atoms with Crippen molar-refractivity contribution in [2.75, 3.05) is 19.8 Å². The molecule has 0 heterocycles. The molecule has 0 saturated carbocycles.